The van der Waals surface area contributed by atoms with E-state index in [0.717, 1.165) is 11.1 Å². The Morgan fingerprint density at radius 2 is 1.45 bits per heavy atom. The largest absolute Gasteiger partial charge is 0.265 e. The molecule has 0 unspecified atom stereocenters. The van der Waals surface area contributed by atoms with Crippen molar-refractivity contribution in [3.8, 4) is 22.4 Å². The van der Waals surface area contributed by atoms with Crippen molar-refractivity contribution in [1.82, 2.24) is 14.6 Å². The Kier molecular flexibility index (Phi) is 4.60. The van der Waals surface area contributed by atoms with E-state index < -0.39 is 9.84 Å². The fourth-order valence-corrected chi connectivity index (χ4v) is 4.96. The van der Waals surface area contributed by atoms with Gasteiger partial charge in [0.1, 0.15) is 11.5 Å². The van der Waals surface area contributed by atoms with Gasteiger partial charge in [0.05, 0.1) is 10.4 Å². The number of hydrogen-bond donors (Lipinski definition) is 0. The summed E-state index contributed by atoms with van der Waals surface area (Å²) >= 11 is 0. The van der Waals surface area contributed by atoms with E-state index >= 15 is 0 Å². The van der Waals surface area contributed by atoms with Crippen LogP contribution in [0.1, 0.15) is 0 Å². The van der Waals surface area contributed by atoms with Gasteiger partial charge in [-0.05, 0) is 66.2 Å². The van der Waals surface area contributed by atoms with Crippen LogP contribution in [-0.4, -0.2) is 23.0 Å². The van der Waals surface area contributed by atoms with Crippen LogP contribution in [0.5, 0.6) is 0 Å². The summed E-state index contributed by atoms with van der Waals surface area (Å²) in [6.45, 7) is 0. The first-order valence-electron chi connectivity index (χ1n) is 9.54. The molecule has 31 heavy (non-hydrogen) atoms. The molecule has 0 radical (unpaired) electrons. The first-order valence-corrected chi connectivity index (χ1v) is 11.0. The number of hydrogen-bond acceptors (Lipinski definition) is 4. The summed E-state index contributed by atoms with van der Waals surface area (Å²) < 4.78 is 41.7. The van der Waals surface area contributed by atoms with Crippen molar-refractivity contribution in [2.45, 2.75) is 9.92 Å². The van der Waals surface area contributed by atoms with E-state index in [1.54, 1.807) is 60.9 Å². The Bertz CT molecular complexity index is 1480. The monoisotopic (exact) mass is 429 g/mol. The quantitative estimate of drug-likeness (QED) is 0.402. The van der Waals surface area contributed by atoms with Crippen molar-refractivity contribution in [1.29, 1.82) is 0 Å². The van der Waals surface area contributed by atoms with Crippen LogP contribution < -0.4 is 0 Å². The molecular formula is C24H16FN3O2S. The smallest absolute Gasteiger partial charge is 0.223 e. The number of nitrogens with zero attached hydrogens (tertiary/aromatic N) is 3. The molecule has 0 bridgehead atoms. The van der Waals surface area contributed by atoms with E-state index in [4.69, 9.17) is 0 Å². The van der Waals surface area contributed by atoms with E-state index in [-0.39, 0.29) is 15.7 Å². The van der Waals surface area contributed by atoms with Gasteiger partial charge in [-0.15, -0.1) is 0 Å². The summed E-state index contributed by atoms with van der Waals surface area (Å²) in [7, 11) is -3.81. The van der Waals surface area contributed by atoms with Crippen molar-refractivity contribution in [3.05, 3.63) is 103 Å². The minimum absolute atomic E-state index is 0.0554. The zero-order valence-electron chi connectivity index (χ0n) is 16.2. The molecule has 0 N–H and O–H groups in total. The minimum atomic E-state index is -3.81. The van der Waals surface area contributed by atoms with E-state index in [1.165, 1.54) is 22.7 Å². The highest BCUT2D eigenvalue weighted by Crippen LogP contribution is 2.36. The maximum absolute atomic E-state index is 13.5. The molecule has 5 aromatic rings. The van der Waals surface area contributed by atoms with Gasteiger partial charge in [-0.25, -0.2) is 17.3 Å². The summed E-state index contributed by atoms with van der Waals surface area (Å²) in [6.07, 6.45) is 3.33. The van der Waals surface area contributed by atoms with Crippen molar-refractivity contribution in [2.24, 2.45) is 0 Å². The average molecular weight is 429 g/mol. The Labute approximate surface area is 178 Å². The first kappa shape index (κ1) is 19.1. The Morgan fingerprint density at radius 1 is 0.742 bits per heavy atom. The lowest BCUT2D eigenvalue weighted by molar-refractivity contribution is 0.587. The number of sulfone groups is 1. The topological polar surface area (TPSA) is 64.3 Å². The van der Waals surface area contributed by atoms with Crippen molar-refractivity contribution >= 4 is 15.4 Å². The summed E-state index contributed by atoms with van der Waals surface area (Å²) in [5.41, 5.74) is 3.45. The van der Waals surface area contributed by atoms with Gasteiger partial charge in [0, 0.05) is 23.5 Å². The Hall–Kier alpha value is -3.84. The molecule has 152 valence electrons. The molecule has 5 nitrogen and oxygen atoms in total. The van der Waals surface area contributed by atoms with Crippen LogP contribution in [0, 0.1) is 5.82 Å². The lowest BCUT2D eigenvalue weighted by Crippen LogP contribution is -2.08. The molecule has 0 aliphatic heterocycles. The maximum Gasteiger partial charge on any atom is 0.223 e. The highest BCUT2D eigenvalue weighted by atomic mass is 32.2. The second-order valence-corrected chi connectivity index (χ2v) is 8.84. The fraction of sp³-hybridized carbons (Fsp3) is 0. The van der Waals surface area contributed by atoms with Crippen LogP contribution in [0.3, 0.4) is 0 Å². The van der Waals surface area contributed by atoms with Crippen molar-refractivity contribution in [3.63, 3.8) is 0 Å². The average Bonchev–Trinajstić information content (AvgIpc) is 3.20. The SMILES string of the molecule is O=S(=O)(c1ccccc1)c1cccc2c(-c3ccncc3)c(-c3ccc(F)cc3)nn12. The van der Waals surface area contributed by atoms with Gasteiger partial charge >= 0.3 is 0 Å². The number of rotatable bonds is 4. The van der Waals surface area contributed by atoms with Gasteiger partial charge in [0.15, 0.2) is 5.03 Å². The van der Waals surface area contributed by atoms with Crippen LogP contribution in [0.4, 0.5) is 4.39 Å². The van der Waals surface area contributed by atoms with Gasteiger partial charge in [0.25, 0.3) is 0 Å². The van der Waals surface area contributed by atoms with Crippen LogP contribution in [0.2, 0.25) is 0 Å². The van der Waals surface area contributed by atoms with Gasteiger partial charge in [-0.1, -0.05) is 24.3 Å². The lowest BCUT2D eigenvalue weighted by atomic mass is 10.0. The van der Waals surface area contributed by atoms with Crippen LogP contribution in [-0.2, 0) is 9.84 Å². The molecule has 0 spiro atoms. The van der Waals surface area contributed by atoms with Gasteiger partial charge in [0.2, 0.25) is 9.84 Å². The summed E-state index contributed by atoms with van der Waals surface area (Å²) in [5, 5.41) is 4.73. The highest BCUT2D eigenvalue weighted by Gasteiger charge is 2.25. The molecule has 0 amide bonds. The van der Waals surface area contributed by atoms with Crippen molar-refractivity contribution in [2.75, 3.05) is 0 Å². The molecule has 7 heteroatoms. The van der Waals surface area contributed by atoms with E-state index in [1.807, 2.05) is 18.2 Å². The van der Waals surface area contributed by atoms with E-state index in [0.29, 0.717) is 16.8 Å². The third kappa shape index (κ3) is 3.29. The van der Waals surface area contributed by atoms with Crippen LogP contribution in [0.25, 0.3) is 27.9 Å². The Balaban J connectivity index is 1.84. The van der Waals surface area contributed by atoms with Gasteiger partial charge in [-0.3, -0.25) is 4.98 Å². The number of pyridine rings is 2. The number of benzene rings is 2. The predicted molar refractivity (Wildman–Crippen MR) is 116 cm³/mol. The molecule has 0 aliphatic carbocycles. The minimum Gasteiger partial charge on any atom is -0.265 e. The first-order chi connectivity index (χ1) is 15.1. The molecule has 0 aliphatic rings. The molecule has 2 aromatic carbocycles. The van der Waals surface area contributed by atoms with E-state index in [2.05, 4.69) is 10.1 Å². The molecule has 5 rings (SSSR count). The highest BCUT2D eigenvalue weighted by molar-refractivity contribution is 7.91. The van der Waals surface area contributed by atoms with E-state index in [9.17, 15) is 12.8 Å². The summed E-state index contributed by atoms with van der Waals surface area (Å²) in [6, 6.07) is 23.0. The summed E-state index contributed by atoms with van der Waals surface area (Å²) in [5.74, 6) is -0.356. The zero-order chi connectivity index (χ0) is 21.4. The second kappa shape index (κ2) is 7.45. The summed E-state index contributed by atoms with van der Waals surface area (Å²) in [4.78, 5) is 4.26. The molecule has 3 heterocycles. The zero-order valence-corrected chi connectivity index (χ0v) is 17.0. The number of halogens is 1. The normalized spacial score (nSPS) is 11.6. The molecular weight excluding hydrogens is 413 g/mol. The van der Waals surface area contributed by atoms with Gasteiger partial charge in [-0.2, -0.15) is 5.10 Å². The molecule has 3 aromatic heterocycles. The number of aromatic nitrogens is 3. The third-order valence-corrected chi connectivity index (χ3v) is 6.79. The molecule has 0 atom stereocenters. The standard InChI is InChI=1S/C24H16FN3O2S/c25-19-11-9-18(10-12-19)24-23(17-13-15-26-16-14-17)21-7-4-8-22(28(21)27-24)31(29,30)20-5-2-1-3-6-20/h1-16H. The van der Waals surface area contributed by atoms with Crippen molar-refractivity contribution < 1.29 is 12.8 Å². The molecule has 0 saturated carbocycles. The van der Waals surface area contributed by atoms with Crippen LogP contribution >= 0.6 is 0 Å². The Morgan fingerprint density at radius 3 is 2.16 bits per heavy atom. The lowest BCUT2D eigenvalue weighted by Gasteiger charge is -2.07. The molecule has 0 fully saturated rings. The number of fused-ring (bicyclic) bond motifs is 1. The van der Waals surface area contributed by atoms with Gasteiger partial charge < -0.3 is 0 Å². The third-order valence-electron chi connectivity index (χ3n) is 5.04. The maximum atomic E-state index is 13.5. The molecule has 0 saturated heterocycles. The predicted octanol–water partition coefficient (Wildman–Crippen LogP) is 5.04. The fourth-order valence-electron chi connectivity index (χ4n) is 3.58. The second-order valence-electron chi connectivity index (χ2n) is 6.94. The van der Waals surface area contributed by atoms with Crippen LogP contribution in [0.15, 0.2) is 107 Å².